The van der Waals surface area contributed by atoms with E-state index in [1.54, 1.807) is 6.07 Å². The Morgan fingerprint density at radius 3 is 2.19 bits per heavy atom. The molecule has 0 heterocycles. The molecule has 1 N–H and O–H groups in total. The van der Waals surface area contributed by atoms with Crippen LogP contribution in [-0.4, -0.2) is 18.3 Å². The molecule has 3 rings (SSSR count). The summed E-state index contributed by atoms with van der Waals surface area (Å²) in [4.78, 5) is 0. The van der Waals surface area contributed by atoms with Crippen molar-refractivity contribution >= 4 is 0 Å². The summed E-state index contributed by atoms with van der Waals surface area (Å²) in [6, 6.07) is 5.59. The van der Waals surface area contributed by atoms with Gasteiger partial charge < -0.3 is 14.6 Å². The van der Waals surface area contributed by atoms with Crippen LogP contribution in [0.15, 0.2) is 36.9 Å². The zero-order valence-corrected chi connectivity index (χ0v) is 17.3. The number of hydrogen-bond acceptors (Lipinski definition) is 3. The van der Waals surface area contributed by atoms with Gasteiger partial charge in [-0.05, 0) is 68.2 Å². The summed E-state index contributed by atoms with van der Waals surface area (Å²) in [7, 11) is 0. The molecule has 0 amide bonds. The maximum atomic E-state index is 14.5. The Morgan fingerprint density at radius 2 is 1.55 bits per heavy atom. The lowest BCUT2D eigenvalue weighted by atomic mass is 9.79. The summed E-state index contributed by atoms with van der Waals surface area (Å²) < 4.78 is 67.5. The van der Waals surface area contributed by atoms with E-state index in [9.17, 15) is 22.7 Å². The van der Waals surface area contributed by atoms with Crippen LogP contribution in [0.5, 0.6) is 11.5 Å². The van der Waals surface area contributed by atoms with Crippen molar-refractivity contribution in [3.63, 3.8) is 0 Å². The van der Waals surface area contributed by atoms with Crippen LogP contribution in [-0.2, 0) is 0 Å². The first-order valence-electron chi connectivity index (χ1n) is 10.3. The number of aliphatic hydroxyl groups is 1. The predicted molar refractivity (Wildman–Crippen MR) is 109 cm³/mol. The molecule has 31 heavy (non-hydrogen) atoms. The highest BCUT2D eigenvalue weighted by molar-refractivity contribution is 5.34. The van der Waals surface area contributed by atoms with Gasteiger partial charge in [0, 0.05) is 5.56 Å². The molecule has 2 aromatic rings. The summed E-state index contributed by atoms with van der Waals surface area (Å²) in [5, 5.41) is 9.45. The highest BCUT2D eigenvalue weighted by Gasteiger charge is 2.27. The van der Waals surface area contributed by atoms with Crippen molar-refractivity contribution < 1.29 is 32.1 Å². The first-order chi connectivity index (χ1) is 14.8. The molecule has 168 valence electrons. The van der Waals surface area contributed by atoms with Crippen molar-refractivity contribution in [3.05, 3.63) is 71.3 Å². The first-order valence-corrected chi connectivity index (χ1v) is 10.3. The summed E-state index contributed by atoms with van der Waals surface area (Å²) in [6.45, 7) is 5.12. The molecule has 7 heteroatoms. The largest absolute Gasteiger partial charge is 0.490 e. The van der Waals surface area contributed by atoms with E-state index < -0.39 is 29.4 Å². The van der Waals surface area contributed by atoms with E-state index >= 15 is 0 Å². The van der Waals surface area contributed by atoms with Crippen molar-refractivity contribution in [1.29, 1.82) is 0 Å². The molecular weight excluding hydrogens is 412 g/mol. The molecular formula is C24H26F4O3. The average Bonchev–Trinajstić information content (AvgIpc) is 2.76. The third-order valence-corrected chi connectivity index (χ3v) is 5.72. The Hall–Kier alpha value is -2.54. The molecule has 1 fully saturated rings. The van der Waals surface area contributed by atoms with Gasteiger partial charge in [-0.25, -0.2) is 8.78 Å². The van der Waals surface area contributed by atoms with Crippen molar-refractivity contribution in [3.8, 4) is 11.5 Å². The van der Waals surface area contributed by atoms with Gasteiger partial charge in [0.05, 0.1) is 12.7 Å². The minimum atomic E-state index is -1.12. The third kappa shape index (κ3) is 5.21. The smallest absolute Gasteiger partial charge is 0.200 e. The second-order valence-electron chi connectivity index (χ2n) is 7.87. The van der Waals surface area contributed by atoms with Gasteiger partial charge in [-0.15, -0.1) is 0 Å². The lowest BCUT2D eigenvalue weighted by Gasteiger charge is -2.29. The van der Waals surface area contributed by atoms with Gasteiger partial charge >= 0.3 is 0 Å². The van der Waals surface area contributed by atoms with E-state index in [2.05, 4.69) is 6.58 Å². The van der Waals surface area contributed by atoms with Gasteiger partial charge in [0.2, 0.25) is 11.6 Å². The van der Waals surface area contributed by atoms with E-state index in [1.807, 2.05) is 0 Å². The number of rotatable bonds is 8. The summed E-state index contributed by atoms with van der Waals surface area (Å²) in [6.07, 6.45) is 2.99. The van der Waals surface area contributed by atoms with Gasteiger partial charge in [-0.3, -0.25) is 0 Å². The van der Waals surface area contributed by atoms with E-state index in [0.29, 0.717) is 31.2 Å². The SMILES string of the molecule is C=CCOc1ccc(C2CCC(COc3ccc(C(C)O)c(F)c3F)CC2)c(F)c1F. The number of aliphatic hydroxyl groups excluding tert-OH is 1. The van der Waals surface area contributed by atoms with Gasteiger partial charge in [0.15, 0.2) is 23.1 Å². The van der Waals surface area contributed by atoms with Crippen LogP contribution >= 0.6 is 0 Å². The Morgan fingerprint density at radius 1 is 0.935 bits per heavy atom. The molecule has 1 atom stereocenters. The van der Waals surface area contributed by atoms with Crippen molar-refractivity contribution in [2.24, 2.45) is 5.92 Å². The van der Waals surface area contributed by atoms with Crippen LogP contribution in [0.25, 0.3) is 0 Å². The molecule has 0 radical (unpaired) electrons. The van der Waals surface area contributed by atoms with Gasteiger partial charge in [-0.1, -0.05) is 18.7 Å². The minimum absolute atomic E-state index is 0.0903. The minimum Gasteiger partial charge on any atom is -0.490 e. The average molecular weight is 438 g/mol. The maximum Gasteiger partial charge on any atom is 0.200 e. The Balaban J connectivity index is 1.58. The quantitative estimate of drug-likeness (QED) is 0.393. The number of benzene rings is 2. The fourth-order valence-electron chi connectivity index (χ4n) is 3.95. The molecule has 0 aliphatic heterocycles. The van der Waals surface area contributed by atoms with E-state index in [-0.39, 0.29) is 42.1 Å². The highest BCUT2D eigenvalue weighted by Crippen LogP contribution is 2.39. The van der Waals surface area contributed by atoms with Gasteiger partial charge in [0.25, 0.3) is 0 Å². The molecule has 1 aliphatic rings. The van der Waals surface area contributed by atoms with Crippen LogP contribution in [0.3, 0.4) is 0 Å². The summed E-state index contributed by atoms with van der Waals surface area (Å²) in [5.74, 6) is -4.50. The van der Waals surface area contributed by atoms with Crippen molar-refractivity contribution in [1.82, 2.24) is 0 Å². The van der Waals surface area contributed by atoms with Crippen LogP contribution < -0.4 is 9.47 Å². The zero-order chi connectivity index (χ0) is 22.5. The van der Waals surface area contributed by atoms with E-state index in [1.165, 1.54) is 31.2 Å². The topological polar surface area (TPSA) is 38.7 Å². The maximum absolute atomic E-state index is 14.5. The number of halogens is 4. The third-order valence-electron chi connectivity index (χ3n) is 5.72. The van der Waals surface area contributed by atoms with Gasteiger partial charge in [0.1, 0.15) is 6.61 Å². The Kier molecular flexibility index (Phi) is 7.59. The molecule has 0 bridgehead atoms. The number of hydrogen-bond donors (Lipinski definition) is 1. The molecule has 0 aromatic heterocycles. The fraction of sp³-hybridized carbons (Fsp3) is 0.417. The molecule has 1 unspecified atom stereocenters. The molecule has 1 saturated carbocycles. The molecule has 2 aromatic carbocycles. The lowest BCUT2D eigenvalue weighted by Crippen LogP contribution is -2.20. The second-order valence-corrected chi connectivity index (χ2v) is 7.87. The van der Waals surface area contributed by atoms with Crippen LogP contribution in [0.1, 0.15) is 55.8 Å². The van der Waals surface area contributed by atoms with Crippen LogP contribution in [0.4, 0.5) is 17.6 Å². The number of ether oxygens (including phenoxy) is 2. The Bertz CT molecular complexity index is 922. The van der Waals surface area contributed by atoms with Crippen LogP contribution in [0, 0.1) is 29.2 Å². The zero-order valence-electron chi connectivity index (χ0n) is 17.3. The second kappa shape index (κ2) is 10.2. The van der Waals surface area contributed by atoms with Crippen molar-refractivity contribution in [2.75, 3.05) is 13.2 Å². The van der Waals surface area contributed by atoms with Gasteiger partial charge in [-0.2, -0.15) is 8.78 Å². The molecule has 0 spiro atoms. The van der Waals surface area contributed by atoms with E-state index in [4.69, 9.17) is 9.47 Å². The monoisotopic (exact) mass is 438 g/mol. The molecule has 3 nitrogen and oxygen atoms in total. The Labute approximate surface area is 179 Å². The fourth-order valence-corrected chi connectivity index (χ4v) is 3.95. The van der Waals surface area contributed by atoms with Crippen molar-refractivity contribution in [2.45, 2.75) is 44.6 Å². The first kappa shape index (κ1) is 23.1. The van der Waals surface area contributed by atoms with E-state index in [0.717, 1.165) is 0 Å². The summed E-state index contributed by atoms with van der Waals surface area (Å²) >= 11 is 0. The lowest BCUT2D eigenvalue weighted by molar-refractivity contribution is 0.184. The highest BCUT2D eigenvalue weighted by atomic mass is 19.2. The molecule has 1 aliphatic carbocycles. The standard InChI is InChI=1S/C24H26F4O3/c1-3-12-30-19-11-9-18(22(26)23(19)27)16-6-4-15(5-7-16)13-31-20-10-8-17(14(2)29)21(25)24(20)28/h3,8-11,14-16,29H,1,4-7,12-13H2,2H3. The summed E-state index contributed by atoms with van der Waals surface area (Å²) in [5.41, 5.74) is 0.199. The predicted octanol–water partition coefficient (Wildman–Crippen LogP) is 6.21. The normalized spacial score (nSPS) is 19.7. The van der Waals surface area contributed by atoms with Crippen LogP contribution in [0.2, 0.25) is 0 Å². The molecule has 0 saturated heterocycles.